The molecule has 0 spiro atoms. The summed E-state index contributed by atoms with van der Waals surface area (Å²) < 4.78 is 4.18. The van der Waals surface area contributed by atoms with Crippen LogP contribution < -0.4 is 5.73 Å². The van der Waals surface area contributed by atoms with E-state index >= 15 is 0 Å². The van der Waals surface area contributed by atoms with E-state index < -0.39 is 6.09 Å². The largest absolute Gasteiger partial charge is 0.450 e. The molecule has 7 nitrogen and oxygen atoms in total. The highest BCUT2D eigenvalue weighted by Gasteiger charge is 2.41. The first kappa shape index (κ1) is 20.0. The minimum absolute atomic E-state index is 0.00750. The molecular formula is C15H25N3O4. The first-order valence-corrected chi connectivity index (χ1v) is 7.21. The van der Waals surface area contributed by atoms with Crippen molar-refractivity contribution in [2.75, 3.05) is 13.2 Å². The van der Waals surface area contributed by atoms with Crippen LogP contribution in [0.5, 0.6) is 0 Å². The zero-order valence-corrected chi connectivity index (χ0v) is 13.7. The molecule has 0 radical (unpaired) electrons. The van der Waals surface area contributed by atoms with E-state index in [1.54, 1.807) is 19.1 Å². The molecular weight excluding hydrogens is 286 g/mol. The fourth-order valence-electron chi connectivity index (χ4n) is 3.23. The van der Waals surface area contributed by atoms with Gasteiger partial charge in [-0.2, -0.15) is 0 Å². The Morgan fingerprint density at radius 1 is 1.27 bits per heavy atom. The Labute approximate surface area is 131 Å². The third-order valence-corrected chi connectivity index (χ3v) is 3.47. The van der Waals surface area contributed by atoms with E-state index in [0.717, 1.165) is 19.3 Å². The molecule has 2 unspecified atom stereocenters. The summed E-state index contributed by atoms with van der Waals surface area (Å²) in [5.74, 6) is 0. The van der Waals surface area contributed by atoms with E-state index in [0.29, 0.717) is 13.2 Å². The second-order valence-corrected chi connectivity index (χ2v) is 6.59. The highest BCUT2D eigenvalue weighted by molar-refractivity contribution is 5.64. The van der Waals surface area contributed by atoms with Crippen LogP contribution in [-0.2, 0) is 14.3 Å². The second kappa shape index (κ2) is 9.13. The summed E-state index contributed by atoms with van der Waals surface area (Å²) in [5, 5.41) is 0. The van der Waals surface area contributed by atoms with Gasteiger partial charge in [-0.1, -0.05) is 20.8 Å². The van der Waals surface area contributed by atoms with Crippen LogP contribution >= 0.6 is 0 Å². The van der Waals surface area contributed by atoms with Gasteiger partial charge in [-0.25, -0.2) is 24.4 Å². The lowest BCUT2D eigenvalue weighted by Crippen LogP contribution is -2.39. The minimum Gasteiger partial charge on any atom is -0.450 e. The van der Waals surface area contributed by atoms with Crippen molar-refractivity contribution in [3.63, 3.8) is 0 Å². The average Bonchev–Trinajstić information content (AvgIpc) is 2.35. The molecule has 7 heteroatoms. The molecule has 1 rings (SSSR count). The molecule has 0 bridgehead atoms. The Bertz CT molecular complexity index is 465. The molecule has 0 aromatic rings. The number of nitrogens with two attached hydrogens (primary N) is 1. The van der Waals surface area contributed by atoms with Gasteiger partial charge in [0.05, 0.1) is 19.2 Å². The summed E-state index contributed by atoms with van der Waals surface area (Å²) in [6.07, 6.45) is 5.17. The van der Waals surface area contributed by atoms with Crippen LogP contribution in [0.4, 0.5) is 4.79 Å². The summed E-state index contributed by atoms with van der Waals surface area (Å²) in [6, 6.07) is 0.00750. The van der Waals surface area contributed by atoms with Gasteiger partial charge in [-0.05, 0) is 37.0 Å². The molecule has 1 saturated carbocycles. The first-order chi connectivity index (χ1) is 10.2. The van der Waals surface area contributed by atoms with Crippen molar-refractivity contribution in [1.82, 2.24) is 0 Å². The highest BCUT2D eigenvalue weighted by Crippen LogP contribution is 2.47. The fraction of sp³-hybridized carbons (Fsp3) is 0.800. The van der Waals surface area contributed by atoms with Crippen molar-refractivity contribution in [2.24, 2.45) is 26.5 Å². The van der Waals surface area contributed by atoms with Crippen LogP contribution in [0.3, 0.4) is 0 Å². The Morgan fingerprint density at radius 2 is 1.91 bits per heavy atom. The standard InChI is InChI=1S/C12H18N2O2.C3H7NO2/c1-11(2)4-10(14-9-16)5-12(3,6-11)7-13-8-15;1-2-6-3(4)5/h10H,4-7H2,1-3H3;2H2,1H3,(H2,4,5). The van der Waals surface area contributed by atoms with Crippen molar-refractivity contribution >= 4 is 18.3 Å². The molecule has 0 aliphatic heterocycles. The maximum atomic E-state index is 10.3. The number of hydrogen-bond donors (Lipinski definition) is 1. The monoisotopic (exact) mass is 311 g/mol. The van der Waals surface area contributed by atoms with E-state index in [2.05, 4.69) is 41.2 Å². The van der Waals surface area contributed by atoms with Crippen LogP contribution in [-0.4, -0.2) is 37.4 Å². The second-order valence-electron chi connectivity index (χ2n) is 6.59. The lowest BCUT2D eigenvalue weighted by atomic mass is 9.63. The molecule has 1 amide bonds. The maximum absolute atomic E-state index is 10.3. The van der Waals surface area contributed by atoms with Crippen LogP contribution in [0.25, 0.3) is 0 Å². The van der Waals surface area contributed by atoms with E-state index in [1.165, 1.54) is 0 Å². The van der Waals surface area contributed by atoms with Crippen molar-refractivity contribution in [3.05, 3.63) is 0 Å². The SMILES string of the molecule is CC1(C)CC(N=C=O)CC(C)(CN=C=O)C1.CCOC(N)=O. The molecule has 22 heavy (non-hydrogen) atoms. The molecule has 0 heterocycles. The number of rotatable bonds is 4. The third-order valence-electron chi connectivity index (χ3n) is 3.47. The third kappa shape index (κ3) is 8.35. The fourth-order valence-corrected chi connectivity index (χ4v) is 3.23. The van der Waals surface area contributed by atoms with Crippen LogP contribution in [0.2, 0.25) is 0 Å². The molecule has 1 fully saturated rings. The van der Waals surface area contributed by atoms with Crippen molar-refractivity contribution in [3.8, 4) is 0 Å². The lowest BCUT2D eigenvalue weighted by Gasteiger charge is -2.44. The first-order valence-electron chi connectivity index (χ1n) is 7.21. The Kier molecular flexibility index (Phi) is 8.31. The lowest BCUT2D eigenvalue weighted by molar-refractivity contribution is 0.0915. The van der Waals surface area contributed by atoms with Crippen molar-refractivity contribution in [2.45, 2.75) is 53.0 Å². The van der Waals surface area contributed by atoms with Gasteiger partial charge in [0.25, 0.3) is 0 Å². The molecule has 1 aliphatic rings. The zero-order chi connectivity index (χ0) is 17.2. The predicted molar refractivity (Wildman–Crippen MR) is 81.8 cm³/mol. The van der Waals surface area contributed by atoms with Crippen LogP contribution in [0, 0.1) is 10.8 Å². The summed E-state index contributed by atoms with van der Waals surface area (Å²) in [7, 11) is 0. The summed E-state index contributed by atoms with van der Waals surface area (Å²) in [6.45, 7) is 8.91. The van der Waals surface area contributed by atoms with Gasteiger partial charge in [0, 0.05) is 0 Å². The van der Waals surface area contributed by atoms with E-state index in [4.69, 9.17) is 0 Å². The smallest absolute Gasteiger partial charge is 0.404 e. The molecule has 0 aromatic carbocycles. The number of hydrogen-bond acceptors (Lipinski definition) is 6. The molecule has 124 valence electrons. The molecule has 1 aliphatic carbocycles. The summed E-state index contributed by atoms with van der Waals surface area (Å²) in [4.78, 5) is 37.6. The number of amides is 1. The highest BCUT2D eigenvalue weighted by atomic mass is 16.5. The van der Waals surface area contributed by atoms with Gasteiger partial charge < -0.3 is 10.5 Å². The van der Waals surface area contributed by atoms with Gasteiger partial charge in [0.1, 0.15) is 0 Å². The number of carbonyl (C=O) groups is 1. The average molecular weight is 311 g/mol. The van der Waals surface area contributed by atoms with Gasteiger partial charge in [0.2, 0.25) is 12.2 Å². The van der Waals surface area contributed by atoms with Crippen LogP contribution in [0.15, 0.2) is 9.98 Å². The number of aliphatic imine (C=N–C) groups is 2. The van der Waals surface area contributed by atoms with E-state index in [-0.39, 0.29) is 16.9 Å². The molecule has 2 N–H and O–H groups in total. The quantitative estimate of drug-likeness (QED) is 0.634. The molecule has 2 atom stereocenters. The van der Waals surface area contributed by atoms with Crippen LogP contribution in [0.1, 0.15) is 47.0 Å². The Morgan fingerprint density at radius 3 is 2.32 bits per heavy atom. The maximum Gasteiger partial charge on any atom is 0.404 e. The molecule has 0 aromatic heterocycles. The van der Waals surface area contributed by atoms with Gasteiger partial charge in [-0.3, -0.25) is 0 Å². The van der Waals surface area contributed by atoms with Crippen molar-refractivity contribution < 1.29 is 19.1 Å². The number of isocyanates is 2. The summed E-state index contributed by atoms with van der Waals surface area (Å²) in [5.41, 5.74) is 4.60. The Balaban J connectivity index is 0.000000626. The predicted octanol–water partition coefficient (Wildman–Crippen LogP) is 2.34. The van der Waals surface area contributed by atoms with Crippen molar-refractivity contribution in [1.29, 1.82) is 0 Å². The van der Waals surface area contributed by atoms with E-state index in [9.17, 15) is 14.4 Å². The number of ether oxygens (including phenoxy) is 1. The molecule has 0 saturated heterocycles. The normalized spacial score (nSPS) is 25.5. The van der Waals surface area contributed by atoms with E-state index in [1.807, 2.05) is 0 Å². The Hall–Kier alpha value is -1.97. The topological polar surface area (TPSA) is 111 Å². The van der Waals surface area contributed by atoms with Gasteiger partial charge in [0.15, 0.2) is 0 Å². The number of nitrogens with zero attached hydrogens (tertiary/aromatic N) is 2. The zero-order valence-electron chi connectivity index (χ0n) is 13.7. The van der Waals surface area contributed by atoms with Gasteiger partial charge >= 0.3 is 6.09 Å². The number of primary amides is 1. The summed E-state index contributed by atoms with van der Waals surface area (Å²) >= 11 is 0. The van der Waals surface area contributed by atoms with Gasteiger partial charge in [-0.15, -0.1) is 0 Å². The number of carbonyl (C=O) groups excluding carboxylic acids is 3. The minimum atomic E-state index is -0.711.